The summed E-state index contributed by atoms with van der Waals surface area (Å²) in [6.45, 7) is 5.89. The van der Waals surface area contributed by atoms with Crippen molar-refractivity contribution in [2.24, 2.45) is 0 Å². The number of benzene rings is 1. The number of rotatable bonds is 4. The van der Waals surface area contributed by atoms with Gasteiger partial charge in [-0.25, -0.2) is 0 Å². The molecular weight excluding hydrogens is 294 g/mol. The molecule has 2 amide bonds. The van der Waals surface area contributed by atoms with Crippen molar-refractivity contribution >= 4 is 17.5 Å². The van der Waals surface area contributed by atoms with Gasteiger partial charge >= 0.3 is 0 Å². The average molecular weight is 319 g/mol. The van der Waals surface area contributed by atoms with Gasteiger partial charge in [0.15, 0.2) is 0 Å². The van der Waals surface area contributed by atoms with Crippen LogP contribution in [0.2, 0.25) is 0 Å². The smallest absolute Gasteiger partial charge is 0.253 e. The molecule has 23 heavy (non-hydrogen) atoms. The summed E-state index contributed by atoms with van der Waals surface area (Å²) < 4.78 is 5.66. The third-order valence-corrected chi connectivity index (χ3v) is 3.68. The maximum atomic E-state index is 12.2. The Morgan fingerprint density at radius 2 is 1.74 bits per heavy atom. The first-order valence-electron chi connectivity index (χ1n) is 7.84. The molecule has 0 unspecified atom stereocenters. The molecule has 6 nitrogen and oxygen atoms in total. The molecule has 2 rings (SSSR count). The van der Waals surface area contributed by atoms with E-state index in [1.54, 1.807) is 38.4 Å². The molecule has 6 heteroatoms. The quantitative estimate of drug-likeness (QED) is 0.912. The van der Waals surface area contributed by atoms with Crippen LogP contribution in [0.4, 0.5) is 5.69 Å². The number of carbonyl (C=O) groups is 2. The Kier molecular flexibility index (Phi) is 5.74. The van der Waals surface area contributed by atoms with E-state index >= 15 is 0 Å². The summed E-state index contributed by atoms with van der Waals surface area (Å²) in [6.07, 6.45) is 0.283. The zero-order valence-corrected chi connectivity index (χ0v) is 14.2. The van der Waals surface area contributed by atoms with Crippen molar-refractivity contribution in [1.82, 2.24) is 9.80 Å². The van der Waals surface area contributed by atoms with Gasteiger partial charge in [-0.1, -0.05) is 0 Å². The third-order valence-electron chi connectivity index (χ3n) is 3.68. The molecular formula is C17H25N3O3. The first-order valence-corrected chi connectivity index (χ1v) is 7.84. The van der Waals surface area contributed by atoms with Gasteiger partial charge in [-0.3, -0.25) is 14.5 Å². The number of hydrogen-bond donors (Lipinski definition) is 1. The second kappa shape index (κ2) is 7.57. The van der Waals surface area contributed by atoms with E-state index in [4.69, 9.17) is 4.74 Å². The Hall–Kier alpha value is -1.92. The van der Waals surface area contributed by atoms with Crippen molar-refractivity contribution in [2.75, 3.05) is 39.0 Å². The molecule has 0 aromatic heterocycles. The van der Waals surface area contributed by atoms with Crippen molar-refractivity contribution in [2.45, 2.75) is 26.1 Å². The molecule has 0 aliphatic carbocycles. The van der Waals surface area contributed by atoms with Gasteiger partial charge in [0.25, 0.3) is 5.91 Å². The Morgan fingerprint density at radius 3 is 2.26 bits per heavy atom. The molecule has 1 saturated heterocycles. The van der Waals surface area contributed by atoms with Crippen LogP contribution < -0.4 is 5.32 Å². The van der Waals surface area contributed by atoms with Crippen LogP contribution in [0.25, 0.3) is 0 Å². The average Bonchev–Trinajstić information content (AvgIpc) is 2.45. The second-order valence-corrected chi connectivity index (χ2v) is 6.28. The van der Waals surface area contributed by atoms with Gasteiger partial charge < -0.3 is 15.0 Å². The predicted molar refractivity (Wildman–Crippen MR) is 89.5 cm³/mol. The van der Waals surface area contributed by atoms with Crippen molar-refractivity contribution in [3.8, 4) is 0 Å². The minimum atomic E-state index is -0.0574. The van der Waals surface area contributed by atoms with Crippen molar-refractivity contribution in [3.05, 3.63) is 29.8 Å². The topological polar surface area (TPSA) is 61.9 Å². The highest BCUT2D eigenvalue weighted by Crippen LogP contribution is 2.13. The fourth-order valence-electron chi connectivity index (χ4n) is 2.77. The van der Waals surface area contributed by atoms with E-state index in [0.29, 0.717) is 17.8 Å². The van der Waals surface area contributed by atoms with Crippen LogP contribution in [0.5, 0.6) is 0 Å². The molecule has 1 N–H and O–H groups in total. The molecule has 1 heterocycles. The standard InChI is InChI=1S/C17H25N3O3/c1-12-9-20(10-13(2)23-12)11-16(21)18-15-7-5-14(6-8-15)17(22)19(3)4/h5-8,12-13H,9-11H2,1-4H3,(H,18,21)/t12-,13-/m0/s1. The van der Waals surface area contributed by atoms with Gasteiger partial charge in [-0.05, 0) is 38.1 Å². The summed E-state index contributed by atoms with van der Waals surface area (Å²) in [5, 5.41) is 2.87. The van der Waals surface area contributed by atoms with Crippen LogP contribution in [0.3, 0.4) is 0 Å². The monoisotopic (exact) mass is 319 g/mol. The molecule has 1 aliphatic heterocycles. The fourth-order valence-corrected chi connectivity index (χ4v) is 2.77. The number of hydrogen-bond acceptors (Lipinski definition) is 4. The zero-order valence-electron chi connectivity index (χ0n) is 14.2. The number of amides is 2. The van der Waals surface area contributed by atoms with E-state index in [-0.39, 0.29) is 24.0 Å². The number of morpholine rings is 1. The number of anilines is 1. The lowest BCUT2D eigenvalue weighted by molar-refractivity contribution is -0.121. The largest absolute Gasteiger partial charge is 0.373 e. The lowest BCUT2D eigenvalue weighted by Crippen LogP contribution is -2.48. The van der Waals surface area contributed by atoms with Gasteiger partial charge in [-0.2, -0.15) is 0 Å². The van der Waals surface area contributed by atoms with Crippen LogP contribution in [-0.2, 0) is 9.53 Å². The molecule has 1 aromatic rings. The molecule has 1 aromatic carbocycles. The van der Waals surface area contributed by atoms with Gasteiger partial charge in [-0.15, -0.1) is 0 Å². The van der Waals surface area contributed by atoms with Crippen LogP contribution in [0.1, 0.15) is 24.2 Å². The lowest BCUT2D eigenvalue weighted by atomic mass is 10.2. The maximum absolute atomic E-state index is 12.2. The highest BCUT2D eigenvalue weighted by Gasteiger charge is 2.23. The van der Waals surface area contributed by atoms with E-state index < -0.39 is 0 Å². The maximum Gasteiger partial charge on any atom is 0.253 e. The fraction of sp³-hybridized carbons (Fsp3) is 0.529. The highest BCUT2D eigenvalue weighted by molar-refractivity contribution is 5.96. The van der Waals surface area contributed by atoms with Crippen LogP contribution in [0.15, 0.2) is 24.3 Å². The molecule has 2 atom stereocenters. The first-order chi connectivity index (χ1) is 10.8. The van der Waals surface area contributed by atoms with E-state index in [2.05, 4.69) is 10.2 Å². The molecule has 1 fully saturated rings. The van der Waals surface area contributed by atoms with Gasteiger partial charge in [0.1, 0.15) is 0 Å². The van der Waals surface area contributed by atoms with Crippen LogP contribution in [-0.4, -0.2) is 67.6 Å². The van der Waals surface area contributed by atoms with Crippen LogP contribution >= 0.6 is 0 Å². The summed E-state index contributed by atoms with van der Waals surface area (Å²) >= 11 is 0. The Morgan fingerprint density at radius 1 is 1.17 bits per heavy atom. The number of carbonyl (C=O) groups excluding carboxylic acids is 2. The number of nitrogens with one attached hydrogen (secondary N) is 1. The second-order valence-electron chi connectivity index (χ2n) is 6.28. The Labute approximate surface area is 137 Å². The summed E-state index contributed by atoms with van der Waals surface area (Å²) in [5.41, 5.74) is 1.29. The highest BCUT2D eigenvalue weighted by atomic mass is 16.5. The summed E-state index contributed by atoms with van der Waals surface area (Å²) in [5.74, 6) is -0.114. The van der Waals surface area contributed by atoms with Gasteiger partial charge in [0, 0.05) is 38.4 Å². The molecule has 0 radical (unpaired) electrons. The van der Waals surface area contributed by atoms with Crippen molar-refractivity contribution in [3.63, 3.8) is 0 Å². The van der Waals surface area contributed by atoms with E-state index in [9.17, 15) is 9.59 Å². The number of ether oxygens (including phenoxy) is 1. The normalized spacial score (nSPS) is 21.7. The molecule has 0 bridgehead atoms. The summed E-state index contributed by atoms with van der Waals surface area (Å²) in [4.78, 5) is 27.6. The minimum Gasteiger partial charge on any atom is -0.373 e. The minimum absolute atomic E-state index is 0.0563. The van der Waals surface area contributed by atoms with E-state index in [1.165, 1.54) is 4.90 Å². The Balaban J connectivity index is 1.89. The number of nitrogens with zero attached hydrogens (tertiary/aromatic N) is 2. The molecule has 1 aliphatic rings. The van der Waals surface area contributed by atoms with Gasteiger partial charge in [0.2, 0.25) is 5.91 Å². The summed E-state index contributed by atoms with van der Waals surface area (Å²) in [6, 6.07) is 6.94. The van der Waals surface area contributed by atoms with Crippen molar-refractivity contribution < 1.29 is 14.3 Å². The molecule has 0 saturated carbocycles. The first kappa shape index (κ1) is 17.4. The lowest BCUT2D eigenvalue weighted by Gasteiger charge is -2.34. The van der Waals surface area contributed by atoms with Crippen molar-refractivity contribution in [1.29, 1.82) is 0 Å². The molecule has 0 spiro atoms. The van der Waals surface area contributed by atoms with E-state index in [1.807, 2.05) is 13.8 Å². The predicted octanol–water partition coefficient (Wildman–Crippen LogP) is 1.44. The SMILES string of the molecule is C[C@H]1CN(CC(=O)Nc2ccc(C(=O)N(C)C)cc2)C[C@H](C)O1. The Bertz CT molecular complexity index is 547. The zero-order chi connectivity index (χ0) is 17.0. The summed E-state index contributed by atoms with van der Waals surface area (Å²) in [7, 11) is 3.42. The molecule has 126 valence electrons. The van der Waals surface area contributed by atoms with E-state index in [0.717, 1.165) is 13.1 Å². The third kappa shape index (κ3) is 5.04. The van der Waals surface area contributed by atoms with Gasteiger partial charge in [0.05, 0.1) is 18.8 Å². The van der Waals surface area contributed by atoms with Crippen LogP contribution in [0, 0.1) is 0 Å².